The fraction of sp³-hybridized carbons (Fsp3) is 0.192. The lowest BCUT2D eigenvalue weighted by Gasteiger charge is -2.07. The quantitative estimate of drug-likeness (QED) is 0.336. The summed E-state index contributed by atoms with van der Waals surface area (Å²) in [6.45, 7) is 3.04. The number of carbonyl (C=O) groups is 2. The summed E-state index contributed by atoms with van der Waals surface area (Å²) in [5, 5.41) is 7.02. The molecule has 4 rings (SSSR count). The van der Waals surface area contributed by atoms with Crippen LogP contribution in [-0.2, 0) is 17.9 Å². The van der Waals surface area contributed by atoms with E-state index in [0.717, 1.165) is 11.3 Å². The highest BCUT2D eigenvalue weighted by Gasteiger charge is 2.15. The molecule has 0 bridgehead atoms. The fourth-order valence-electron chi connectivity index (χ4n) is 3.38. The fourth-order valence-corrected chi connectivity index (χ4v) is 3.38. The lowest BCUT2D eigenvalue weighted by atomic mass is 10.1. The second-order valence-corrected chi connectivity index (χ2v) is 7.49. The zero-order valence-corrected chi connectivity index (χ0v) is 19.4. The van der Waals surface area contributed by atoms with Crippen LogP contribution in [0.5, 0.6) is 11.5 Å². The molecule has 0 aliphatic carbocycles. The van der Waals surface area contributed by atoms with Crippen molar-refractivity contribution in [3.8, 4) is 11.5 Å². The molecular weight excluding hydrogens is 450 g/mol. The van der Waals surface area contributed by atoms with Gasteiger partial charge in [-0.1, -0.05) is 18.2 Å². The van der Waals surface area contributed by atoms with Crippen molar-refractivity contribution < 1.29 is 28.2 Å². The van der Waals surface area contributed by atoms with Crippen LogP contribution in [0, 0.1) is 0 Å². The molecule has 180 valence electrons. The summed E-state index contributed by atoms with van der Waals surface area (Å²) in [4.78, 5) is 24.6. The van der Waals surface area contributed by atoms with Crippen molar-refractivity contribution in [3.63, 3.8) is 0 Å². The van der Waals surface area contributed by atoms with Crippen molar-refractivity contribution in [2.75, 3.05) is 19.0 Å². The van der Waals surface area contributed by atoms with Gasteiger partial charge in [-0.2, -0.15) is 5.10 Å². The van der Waals surface area contributed by atoms with Crippen LogP contribution in [0.2, 0.25) is 0 Å². The molecule has 1 amide bonds. The number of ether oxygens (including phenoxy) is 3. The number of aromatic nitrogens is 2. The maximum absolute atomic E-state index is 12.6. The van der Waals surface area contributed by atoms with Gasteiger partial charge in [0.1, 0.15) is 23.9 Å². The molecule has 4 aromatic rings. The van der Waals surface area contributed by atoms with E-state index in [-0.39, 0.29) is 12.4 Å². The Bertz CT molecular complexity index is 1290. The minimum Gasteiger partial charge on any atom is -0.494 e. The third-order valence-corrected chi connectivity index (χ3v) is 5.05. The number of hydrogen-bond acceptors (Lipinski definition) is 7. The Kier molecular flexibility index (Phi) is 7.47. The van der Waals surface area contributed by atoms with E-state index in [0.29, 0.717) is 35.9 Å². The van der Waals surface area contributed by atoms with Gasteiger partial charge in [-0.15, -0.1) is 0 Å². The van der Waals surface area contributed by atoms with Crippen LogP contribution in [-0.4, -0.2) is 35.4 Å². The van der Waals surface area contributed by atoms with Gasteiger partial charge in [-0.25, -0.2) is 4.79 Å². The number of hydrogen-bond donors (Lipinski definition) is 1. The maximum atomic E-state index is 12.6. The van der Waals surface area contributed by atoms with Gasteiger partial charge < -0.3 is 23.9 Å². The summed E-state index contributed by atoms with van der Waals surface area (Å²) in [6, 6.07) is 17.7. The molecule has 2 aromatic carbocycles. The number of rotatable bonds is 10. The molecule has 0 saturated carbocycles. The average Bonchev–Trinajstić information content (AvgIpc) is 3.53. The molecule has 35 heavy (non-hydrogen) atoms. The molecule has 0 aliphatic rings. The molecule has 0 atom stereocenters. The van der Waals surface area contributed by atoms with Crippen molar-refractivity contribution in [1.29, 1.82) is 0 Å². The summed E-state index contributed by atoms with van der Waals surface area (Å²) in [6.07, 6.45) is 3.20. The Balaban J connectivity index is 1.33. The van der Waals surface area contributed by atoms with Crippen LogP contribution >= 0.6 is 0 Å². The molecule has 0 saturated heterocycles. The molecule has 2 heterocycles. The topological polar surface area (TPSA) is 105 Å². The third kappa shape index (κ3) is 6.08. The first-order chi connectivity index (χ1) is 17.1. The Morgan fingerprint density at radius 3 is 2.49 bits per heavy atom. The highest BCUT2D eigenvalue weighted by molar-refractivity contribution is 6.02. The van der Waals surface area contributed by atoms with Gasteiger partial charge in [0.15, 0.2) is 5.76 Å². The first-order valence-corrected chi connectivity index (χ1v) is 11.0. The Labute approximate surface area is 202 Å². The SMILES string of the molecule is CCOc1ccc(OCc2ccc(C(=O)Nc3cnn(Cc4ccccc4C(=O)OC)c3)o2)cc1. The lowest BCUT2D eigenvalue weighted by molar-refractivity contribution is 0.0599. The number of amides is 1. The van der Waals surface area contributed by atoms with Crippen LogP contribution in [0.25, 0.3) is 0 Å². The van der Waals surface area contributed by atoms with E-state index in [1.165, 1.54) is 13.3 Å². The largest absolute Gasteiger partial charge is 0.494 e. The van der Waals surface area contributed by atoms with Gasteiger partial charge in [0.25, 0.3) is 5.91 Å². The summed E-state index contributed by atoms with van der Waals surface area (Å²) in [5.41, 5.74) is 1.71. The van der Waals surface area contributed by atoms with E-state index in [1.54, 1.807) is 35.1 Å². The molecule has 2 aromatic heterocycles. The zero-order chi connectivity index (χ0) is 24.6. The van der Waals surface area contributed by atoms with E-state index < -0.39 is 11.9 Å². The van der Waals surface area contributed by atoms with E-state index in [2.05, 4.69) is 10.4 Å². The number of nitrogens with zero attached hydrogens (tertiary/aromatic N) is 2. The standard InChI is InChI=1S/C26H25N3O6/c1-3-33-20-8-10-21(11-9-20)34-17-22-12-13-24(35-22)25(30)28-19-14-27-29(16-19)15-18-6-4-5-7-23(18)26(31)32-2/h4-14,16H,3,15,17H2,1-2H3,(H,28,30). The molecule has 0 spiro atoms. The second kappa shape index (κ2) is 11.1. The number of nitrogens with one attached hydrogen (secondary N) is 1. The number of methoxy groups -OCH3 is 1. The Morgan fingerprint density at radius 2 is 1.74 bits per heavy atom. The van der Waals surface area contributed by atoms with Gasteiger partial charge in [-0.05, 0) is 55.0 Å². The minimum atomic E-state index is -0.415. The van der Waals surface area contributed by atoms with E-state index in [4.69, 9.17) is 18.6 Å². The van der Waals surface area contributed by atoms with Gasteiger partial charge in [-0.3, -0.25) is 9.48 Å². The predicted octanol–water partition coefficient (Wildman–Crippen LogP) is 4.54. The third-order valence-electron chi connectivity index (χ3n) is 5.05. The summed E-state index contributed by atoms with van der Waals surface area (Å²) in [5.74, 6) is 1.27. The van der Waals surface area contributed by atoms with E-state index in [9.17, 15) is 9.59 Å². The number of anilines is 1. The minimum absolute atomic E-state index is 0.152. The van der Waals surface area contributed by atoms with Crippen LogP contribution in [0.15, 0.2) is 77.5 Å². The molecule has 0 aliphatic heterocycles. The van der Waals surface area contributed by atoms with E-state index >= 15 is 0 Å². The van der Waals surface area contributed by atoms with Gasteiger partial charge >= 0.3 is 5.97 Å². The van der Waals surface area contributed by atoms with Crippen LogP contribution in [0.3, 0.4) is 0 Å². The van der Waals surface area contributed by atoms with Crippen molar-refractivity contribution >= 4 is 17.6 Å². The summed E-state index contributed by atoms with van der Waals surface area (Å²) < 4.78 is 23.2. The number of furan rings is 1. The molecule has 9 heteroatoms. The first kappa shape index (κ1) is 23.6. The second-order valence-electron chi connectivity index (χ2n) is 7.49. The highest BCUT2D eigenvalue weighted by Crippen LogP contribution is 2.20. The van der Waals surface area contributed by atoms with Crippen LogP contribution in [0.4, 0.5) is 5.69 Å². The molecule has 0 radical (unpaired) electrons. The molecule has 1 N–H and O–H groups in total. The maximum Gasteiger partial charge on any atom is 0.338 e. The summed E-state index contributed by atoms with van der Waals surface area (Å²) >= 11 is 0. The average molecular weight is 476 g/mol. The predicted molar refractivity (Wildman–Crippen MR) is 128 cm³/mol. The zero-order valence-electron chi connectivity index (χ0n) is 19.4. The van der Waals surface area contributed by atoms with Crippen molar-refractivity contribution in [2.24, 2.45) is 0 Å². The summed E-state index contributed by atoms with van der Waals surface area (Å²) in [7, 11) is 1.34. The van der Waals surface area contributed by atoms with Gasteiger partial charge in [0.05, 0.1) is 37.7 Å². The van der Waals surface area contributed by atoms with E-state index in [1.807, 2.05) is 43.3 Å². The molecule has 0 fully saturated rings. The van der Waals surface area contributed by atoms with Crippen molar-refractivity contribution in [1.82, 2.24) is 9.78 Å². The molecule has 0 unspecified atom stereocenters. The molecular formula is C26H25N3O6. The Morgan fingerprint density at radius 1 is 1.00 bits per heavy atom. The smallest absolute Gasteiger partial charge is 0.338 e. The van der Waals surface area contributed by atoms with Crippen LogP contribution < -0.4 is 14.8 Å². The van der Waals surface area contributed by atoms with Gasteiger partial charge in [0.2, 0.25) is 0 Å². The number of benzene rings is 2. The normalized spacial score (nSPS) is 10.6. The Hall–Kier alpha value is -4.53. The number of carbonyl (C=O) groups excluding carboxylic acids is 2. The first-order valence-electron chi connectivity index (χ1n) is 11.0. The molecule has 9 nitrogen and oxygen atoms in total. The van der Waals surface area contributed by atoms with Crippen molar-refractivity contribution in [2.45, 2.75) is 20.1 Å². The number of esters is 1. The highest BCUT2D eigenvalue weighted by atomic mass is 16.5. The van der Waals surface area contributed by atoms with Crippen LogP contribution in [0.1, 0.15) is 39.2 Å². The van der Waals surface area contributed by atoms with Gasteiger partial charge in [0, 0.05) is 6.20 Å². The van der Waals surface area contributed by atoms with Crippen molar-refractivity contribution in [3.05, 3.63) is 95.7 Å². The lowest BCUT2D eigenvalue weighted by Crippen LogP contribution is -2.11. The monoisotopic (exact) mass is 475 g/mol.